The molecule has 4 nitrogen and oxygen atoms in total. The first-order valence-electron chi connectivity index (χ1n) is 8.30. The molecule has 0 fully saturated rings. The molecule has 3 rings (SSSR count). The monoisotopic (exact) mass is 396 g/mol. The molecule has 1 aromatic carbocycles. The van der Waals surface area contributed by atoms with Crippen LogP contribution in [0.3, 0.4) is 0 Å². The first kappa shape index (κ1) is 18.8. The third-order valence-corrected chi connectivity index (χ3v) is 6.13. The maximum Gasteiger partial charge on any atom is 0.288 e. The van der Waals surface area contributed by atoms with Crippen molar-refractivity contribution >= 4 is 34.9 Å². The predicted octanol–water partition coefficient (Wildman–Crippen LogP) is 4.41. The molecule has 0 spiro atoms. The number of fused-ring (bicyclic) bond motifs is 1. The molecule has 2 amide bonds. The Hall–Kier alpha value is -1.93. The number of carbonyl (C=O) groups excluding carboxylic acids is 2. The Balaban J connectivity index is 1.64. The van der Waals surface area contributed by atoms with Crippen molar-refractivity contribution in [3.63, 3.8) is 0 Å². The van der Waals surface area contributed by atoms with Gasteiger partial charge >= 0.3 is 0 Å². The van der Waals surface area contributed by atoms with Gasteiger partial charge in [0.2, 0.25) is 0 Å². The van der Waals surface area contributed by atoms with E-state index in [4.69, 9.17) is 0 Å². The van der Waals surface area contributed by atoms with Gasteiger partial charge in [-0.2, -0.15) is 8.78 Å². The number of benzene rings is 1. The summed E-state index contributed by atoms with van der Waals surface area (Å²) in [4.78, 5) is 26.5. The van der Waals surface area contributed by atoms with E-state index in [-0.39, 0.29) is 10.5 Å². The summed E-state index contributed by atoms with van der Waals surface area (Å²) in [6, 6.07) is 7.94. The maximum absolute atomic E-state index is 12.6. The van der Waals surface area contributed by atoms with Crippen molar-refractivity contribution in [2.24, 2.45) is 0 Å². The topological polar surface area (TPSA) is 58.2 Å². The Morgan fingerprint density at radius 1 is 1.04 bits per heavy atom. The van der Waals surface area contributed by atoms with Crippen molar-refractivity contribution < 1.29 is 18.4 Å². The molecular formula is C18H18F2N2O2S2. The summed E-state index contributed by atoms with van der Waals surface area (Å²) in [7, 11) is 0. The predicted molar refractivity (Wildman–Crippen MR) is 98.8 cm³/mol. The Bertz CT molecular complexity index is 785. The fourth-order valence-electron chi connectivity index (χ4n) is 2.87. The van der Waals surface area contributed by atoms with Crippen molar-refractivity contribution in [3.8, 4) is 0 Å². The molecule has 2 N–H and O–H groups in total. The van der Waals surface area contributed by atoms with Gasteiger partial charge < -0.3 is 0 Å². The quantitative estimate of drug-likeness (QED) is 0.457. The second kappa shape index (κ2) is 8.64. The molecule has 1 heterocycles. The van der Waals surface area contributed by atoms with Gasteiger partial charge in [0.1, 0.15) is 0 Å². The lowest BCUT2D eigenvalue weighted by Crippen LogP contribution is -2.41. The Morgan fingerprint density at radius 3 is 2.58 bits per heavy atom. The molecule has 0 bridgehead atoms. The van der Waals surface area contributed by atoms with Gasteiger partial charge in [0.25, 0.3) is 17.6 Å². The zero-order valence-corrected chi connectivity index (χ0v) is 15.5. The molecule has 0 saturated heterocycles. The van der Waals surface area contributed by atoms with Gasteiger partial charge in [-0.1, -0.05) is 30.3 Å². The maximum atomic E-state index is 12.6. The van der Waals surface area contributed by atoms with Gasteiger partial charge in [0, 0.05) is 9.77 Å². The molecule has 1 aliphatic carbocycles. The van der Waals surface area contributed by atoms with Crippen LogP contribution in [-0.4, -0.2) is 17.6 Å². The Labute approximate surface area is 158 Å². The average molecular weight is 396 g/mol. The van der Waals surface area contributed by atoms with E-state index in [0.29, 0.717) is 16.6 Å². The third-order valence-electron chi connectivity index (χ3n) is 4.11. The van der Waals surface area contributed by atoms with Crippen LogP contribution in [0.1, 0.15) is 49.7 Å². The summed E-state index contributed by atoms with van der Waals surface area (Å²) >= 11 is 1.75. The highest BCUT2D eigenvalue weighted by Crippen LogP contribution is 2.29. The van der Waals surface area contributed by atoms with Crippen LogP contribution in [0.15, 0.2) is 35.2 Å². The first-order chi connectivity index (χ1) is 12.5. The standard InChI is InChI=1S/C18H18F2N2O2S2/c19-18(20)26-14-9-5-4-7-12(14)16(23)21-22-17(24)15-10-11-6-2-1-3-8-13(11)25-15/h4-5,7,9-10,18H,1-3,6,8H2,(H,21,23)(H,22,24). The van der Waals surface area contributed by atoms with Gasteiger partial charge in [-0.3, -0.25) is 20.4 Å². The lowest BCUT2D eigenvalue weighted by Gasteiger charge is -2.10. The minimum atomic E-state index is -2.62. The molecule has 0 aliphatic heterocycles. The van der Waals surface area contributed by atoms with Crippen LogP contribution in [0.2, 0.25) is 0 Å². The van der Waals surface area contributed by atoms with E-state index in [1.54, 1.807) is 12.1 Å². The molecule has 0 radical (unpaired) electrons. The van der Waals surface area contributed by atoms with Crippen molar-refractivity contribution in [3.05, 3.63) is 51.2 Å². The summed E-state index contributed by atoms with van der Waals surface area (Å²) in [5.41, 5.74) is 6.00. The number of amides is 2. The van der Waals surface area contributed by atoms with E-state index in [0.717, 1.165) is 25.7 Å². The smallest absolute Gasteiger partial charge is 0.267 e. The number of aryl methyl sites for hydroxylation is 2. The summed E-state index contributed by atoms with van der Waals surface area (Å²) in [5, 5.41) is 0. The fraction of sp³-hybridized carbons (Fsp3) is 0.333. The second-order valence-corrected chi connectivity index (χ2v) is 8.07. The minimum Gasteiger partial charge on any atom is -0.267 e. The van der Waals surface area contributed by atoms with E-state index < -0.39 is 17.6 Å². The van der Waals surface area contributed by atoms with Crippen molar-refractivity contribution in [1.82, 2.24) is 10.9 Å². The number of alkyl halides is 2. The Kier molecular flexibility index (Phi) is 6.26. The van der Waals surface area contributed by atoms with Gasteiger partial charge in [-0.25, -0.2) is 0 Å². The SMILES string of the molecule is O=C(NNC(=O)c1ccccc1SC(F)F)c1cc2c(s1)CCCCC2. The number of hydrogen-bond acceptors (Lipinski definition) is 4. The van der Waals surface area contributed by atoms with E-state index in [9.17, 15) is 18.4 Å². The number of thiophene rings is 1. The lowest BCUT2D eigenvalue weighted by atomic mass is 10.1. The number of carbonyl (C=O) groups is 2. The first-order valence-corrected chi connectivity index (χ1v) is 10.0. The van der Waals surface area contributed by atoms with Crippen LogP contribution in [0, 0.1) is 0 Å². The van der Waals surface area contributed by atoms with Gasteiger partial charge in [0.05, 0.1) is 10.4 Å². The highest BCUT2D eigenvalue weighted by Gasteiger charge is 2.18. The molecule has 0 saturated carbocycles. The molecular weight excluding hydrogens is 378 g/mol. The van der Waals surface area contributed by atoms with Crippen LogP contribution >= 0.6 is 23.1 Å². The lowest BCUT2D eigenvalue weighted by molar-refractivity contribution is 0.0847. The largest absolute Gasteiger partial charge is 0.288 e. The third kappa shape index (κ3) is 4.62. The van der Waals surface area contributed by atoms with Crippen molar-refractivity contribution in [2.45, 2.75) is 42.8 Å². The fourth-order valence-corrected chi connectivity index (χ4v) is 4.66. The van der Waals surface area contributed by atoms with Crippen molar-refractivity contribution in [1.29, 1.82) is 0 Å². The summed E-state index contributed by atoms with van der Waals surface area (Å²) < 4.78 is 25.2. The zero-order chi connectivity index (χ0) is 18.5. The van der Waals surface area contributed by atoms with Crippen LogP contribution in [0.25, 0.3) is 0 Å². The average Bonchev–Trinajstić information content (AvgIpc) is 2.90. The number of rotatable bonds is 4. The van der Waals surface area contributed by atoms with Crippen LogP contribution in [0.4, 0.5) is 8.78 Å². The molecule has 138 valence electrons. The van der Waals surface area contributed by atoms with Gasteiger partial charge in [-0.15, -0.1) is 11.3 Å². The summed E-state index contributed by atoms with van der Waals surface area (Å²) in [5.74, 6) is -3.64. The zero-order valence-electron chi connectivity index (χ0n) is 13.9. The molecule has 0 unspecified atom stereocenters. The number of halogens is 2. The van der Waals surface area contributed by atoms with E-state index in [2.05, 4.69) is 10.9 Å². The Morgan fingerprint density at radius 2 is 1.77 bits per heavy atom. The minimum absolute atomic E-state index is 0.0973. The molecule has 1 aliphatic rings. The molecule has 26 heavy (non-hydrogen) atoms. The van der Waals surface area contributed by atoms with Crippen molar-refractivity contribution in [2.75, 3.05) is 0 Å². The van der Waals surface area contributed by atoms with Gasteiger partial charge in [0.15, 0.2) is 0 Å². The van der Waals surface area contributed by atoms with Gasteiger partial charge in [-0.05, 0) is 49.4 Å². The van der Waals surface area contributed by atoms with Crippen LogP contribution < -0.4 is 10.9 Å². The normalized spacial score (nSPS) is 13.8. The molecule has 8 heteroatoms. The molecule has 1 aromatic heterocycles. The van der Waals surface area contributed by atoms with Crippen LogP contribution in [0.5, 0.6) is 0 Å². The number of nitrogens with one attached hydrogen (secondary N) is 2. The summed E-state index contributed by atoms with van der Waals surface area (Å²) in [6.45, 7) is 0. The highest BCUT2D eigenvalue weighted by atomic mass is 32.2. The molecule has 2 aromatic rings. The molecule has 0 atom stereocenters. The summed E-state index contributed by atoms with van der Waals surface area (Å²) in [6.07, 6.45) is 5.42. The number of hydrazine groups is 1. The van der Waals surface area contributed by atoms with E-state index in [1.807, 2.05) is 6.07 Å². The van der Waals surface area contributed by atoms with Crippen LogP contribution in [-0.2, 0) is 12.8 Å². The van der Waals surface area contributed by atoms with E-state index >= 15 is 0 Å². The number of thioether (sulfide) groups is 1. The van der Waals surface area contributed by atoms with E-state index in [1.165, 1.54) is 40.3 Å². The highest BCUT2D eigenvalue weighted by molar-refractivity contribution is 7.99. The second-order valence-electron chi connectivity index (χ2n) is 5.90. The number of hydrogen-bond donors (Lipinski definition) is 2.